The summed E-state index contributed by atoms with van der Waals surface area (Å²) in [6.45, 7) is 13.3. The van der Waals surface area contributed by atoms with Gasteiger partial charge in [-0.3, -0.25) is 0 Å². The van der Waals surface area contributed by atoms with Gasteiger partial charge in [-0.2, -0.15) is 0 Å². The number of rotatable bonds is 1. The molecule has 0 amide bonds. The Morgan fingerprint density at radius 3 is 0.917 bits per heavy atom. The minimum absolute atomic E-state index is 0.901. The van der Waals surface area contributed by atoms with E-state index in [1.54, 1.807) is 0 Å². The molecule has 0 heterocycles. The Kier molecular flexibility index (Phi) is 6.39. The summed E-state index contributed by atoms with van der Waals surface area (Å²) in [6, 6.07) is 0. The van der Waals surface area contributed by atoms with Crippen molar-refractivity contribution in [2.45, 2.75) is 39.3 Å². The average Bonchev–Trinajstić information content (AvgIpc) is 1.55. The lowest BCUT2D eigenvalue weighted by Crippen LogP contribution is -2.39. The molecule has 2 N–H and O–H groups in total. The zero-order valence-electron chi connectivity index (χ0n) is 10.0. The van der Waals surface area contributed by atoms with E-state index in [4.69, 9.17) is 5.40 Å². The average molecular weight is 206 g/mol. The van der Waals surface area contributed by atoms with Crippen molar-refractivity contribution in [2.24, 2.45) is 5.40 Å². The highest BCUT2D eigenvalue weighted by Gasteiger charge is 2.14. The molecule has 0 aromatic carbocycles. The van der Waals surface area contributed by atoms with E-state index in [1.807, 2.05) is 0 Å². The quantitative estimate of drug-likeness (QED) is 0.666. The van der Waals surface area contributed by atoms with Crippen molar-refractivity contribution in [3.05, 3.63) is 0 Å². The lowest BCUT2D eigenvalue weighted by atomic mass is 11.3. The van der Waals surface area contributed by atoms with Gasteiger partial charge in [-0.15, -0.1) is 0 Å². The Balaban J connectivity index is 0. The molecule has 0 aliphatic rings. The van der Waals surface area contributed by atoms with Crippen LogP contribution in [0.2, 0.25) is 39.3 Å². The van der Waals surface area contributed by atoms with E-state index in [0.29, 0.717) is 0 Å². The Bertz CT molecular complexity index is 105. The van der Waals surface area contributed by atoms with Gasteiger partial charge in [0, 0.05) is 0 Å². The number of nitrogens with two attached hydrogens (primary N) is 1. The maximum absolute atomic E-state index is 5.49. The van der Waals surface area contributed by atoms with E-state index < -0.39 is 16.5 Å². The van der Waals surface area contributed by atoms with Crippen LogP contribution in [0.15, 0.2) is 0 Å². The molecular formula is C8H26N2Si2. The highest BCUT2D eigenvalue weighted by molar-refractivity contribution is 6.73. The Morgan fingerprint density at radius 2 is 0.917 bits per heavy atom. The molecule has 4 heteroatoms. The van der Waals surface area contributed by atoms with E-state index in [1.165, 1.54) is 0 Å². The fourth-order valence-electron chi connectivity index (χ4n) is 0. The van der Waals surface area contributed by atoms with Crippen molar-refractivity contribution < 1.29 is 0 Å². The molecular weight excluding hydrogens is 180 g/mol. The van der Waals surface area contributed by atoms with E-state index >= 15 is 0 Å². The second kappa shape index (κ2) is 5.16. The molecule has 0 aromatic rings. The maximum atomic E-state index is 5.49. The van der Waals surface area contributed by atoms with Gasteiger partial charge in [-0.05, 0) is 14.1 Å². The van der Waals surface area contributed by atoms with Gasteiger partial charge in [0.15, 0.2) is 0 Å². The van der Waals surface area contributed by atoms with Crippen LogP contribution in [0.3, 0.4) is 0 Å². The standard InChI is InChI=1S/C5H15NSi.C3H11NSi/c1-6(2)7(3,4)5;1-5(2,3)4/h1-5H3;4H2,1-3H3. The van der Waals surface area contributed by atoms with Gasteiger partial charge in [0.2, 0.25) is 0 Å². The van der Waals surface area contributed by atoms with E-state index in [2.05, 4.69) is 57.9 Å². The normalized spacial score (nSPS) is 12.5. The molecule has 0 spiro atoms. The third-order valence-electron chi connectivity index (χ3n) is 1.34. The van der Waals surface area contributed by atoms with Crippen molar-refractivity contribution in [1.82, 2.24) is 4.57 Å². The molecule has 0 atom stereocenters. The number of nitrogens with zero attached hydrogens (tertiary/aromatic N) is 1. The van der Waals surface area contributed by atoms with Gasteiger partial charge < -0.3 is 9.96 Å². The predicted octanol–water partition coefficient (Wildman–Crippen LogP) is 2.16. The molecule has 76 valence electrons. The minimum Gasteiger partial charge on any atom is -0.351 e. The first-order valence-corrected chi connectivity index (χ1v) is 11.4. The monoisotopic (exact) mass is 206 g/mol. The van der Waals surface area contributed by atoms with Gasteiger partial charge in [-0.1, -0.05) is 39.3 Å². The molecule has 0 bridgehead atoms. The van der Waals surface area contributed by atoms with E-state index in [9.17, 15) is 0 Å². The van der Waals surface area contributed by atoms with Crippen molar-refractivity contribution in [2.75, 3.05) is 14.1 Å². The minimum atomic E-state index is -1.11. The van der Waals surface area contributed by atoms with Gasteiger partial charge in [0.1, 0.15) is 16.5 Å². The first-order chi connectivity index (χ1) is 4.94. The predicted molar refractivity (Wildman–Crippen MR) is 64.6 cm³/mol. The van der Waals surface area contributed by atoms with Crippen LogP contribution in [0.5, 0.6) is 0 Å². The molecule has 12 heavy (non-hydrogen) atoms. The fraction of sp³-hybridized carbons (Fsp3) is 1.00. The van der Waals surface area contributed by atoms with Gasteiger partial charge >= 0.3 is 0 Å². The summed E-state index contributed by atoms with van der Waals surface area (Å²) in [6.07, 6.45) is 0. The Labute approximate surface area is 80.3 Å². The summed E-state index contributed by atoms with van der Waals surface area (Å²) in [5.74, 6) is 0. The number of hydrogen-bond acceptors (Lipinski definition) is 2. The van der Waals surface area contributed by atoms with Crippen LogP contribution in [0.4, 0.5) is 0 Å². The molecule has 0 aliphatic heterocycles. The SMILES string of the molecule is CN(C)[Si](C)(C)C.C[Si](C)(C)N. The molecule has 0 radical (unpaired) electrons. The molecule has 0 rings (SSSR count). The molecule has 0 saturated heterocycles. The summed E-state index contributed by atoms with van der Waals surface area (Å²) in [7, 11) is 2.28. The van der Waals surface area contributed by atoms with Crippen LogP contribution < -0.4 is 5.40 Å². The maximum Gasteiger partial charge on any atom is 0.118 e. The van der Waals surface area contributed by atoms with Crippen LogP contribution in [0.1, 0.15) is 0 Å². The summed E-state index contributed by atoms with van der Waals surface area (Å²) in [5, 5.41) is 5.49. The van der Waals surface area contributed by atoms with Crippen LogP contribution in [-0.4, -0.2) is 35.1 Å². The molecule has 0 saturated carbocycles. The zero-order chi connectivity index (χ0) is 10.6. The van der Waals surface area contributed by atoms with Gasteiger partial charge in [0.25, 0.3) is 0 Å². The summed E-state index contributed by atoms with van der Waals surface area (Å²) < 4.78 is 2.33. The first kappa shape index (κ1) is 14.9. The van der Waals surface area contributed by atoms with Crippen molar-refractivity contribution in [1.29, 1.82) is 0 Å². The van der Waals surface area contributed by atoms with E-state index in [-0.39, 0.29) is 0 Å². The van der Waals surface area contributed by atoms with E-state index in [0.717, 1.165) is 0 Å². The molecule has 0 aromatic heterocycles. The van der Waals surface area contributed by atoms with Crippen molar-refractivity contribution in [3.8, 4) is 0 Å². The smallest absolute Gasteiger partial charge is 0.118 e. The van der Waals surface area contributed by atoms with Crippen LogP contribution >= 0.6 is 0 Å². The third-order valence-corrected chi connectivity index (χ3v) is 4.02. The third kappa shape index (κ3) is 22.4. The topological polar surface area (TPSA) is 29.3 Å². The number of hydrogen-bond donors (Lipinski definition) is 1. The summed E-state index contributed by atoms with van der Waals surface area (Å²) in [5.41, 5.74) is 0. The summed E-state index contributed by atoms with van der Waals surface area (Å²) in [4.78, 5) is 0. The fourth-order valence-corrected chi connectivity index (χ4v) is 0. The highest BCUT2D eigenvalue weighted by Crippen LogP contribution is 2.01. The molecule has 2 nitrogen and oxygen atoms in total. The lowest BCUT2D eigenvalue weighted by molar-refractivity contribution is 0.627. The van der Waals surface area contributed by atoms with Crippen LogP contribution in [0, 0.1) is 0 Å². The Morgan fingerprint density at radius 1 is 0.833 bits per heavy atom. The summed E-state index contributed by atoms with van der Waals surface area (Å²) >= 11 is 0. The molecule has 0 aliphatic carbocycles. The van der Waals surface area contributed by atoms with Crippen molar-refractivity contribution >= 4 is 16.5 Å². The van der Waals surface area contributed by atoms with Gasteiger partial charge in [-0.25, -0.2) is 0 Å². The second-order valence-electron chi connectivity index (χ2n) is 5.43. The Hall–Kier alpha value is 0.354. The largest absolute Gasteiger partial charge is 0.351 e. The lowest BCUT2D eigenvalue weighted by Gasteiger charge is -2.24. The molecule has 0 fully saturated rings. The van der Waals surface area contributed by atoms with Crippen LogP contribution in [0.25, 0.3) is 0 Å². The highest BCUT2D eigenvalue weighted by atomic mass is 28.3. The van der Waals surface area contributed by atoms with Crippen molar-refractivity contribution in [3.63, 3.8) is 0 Å². The first-order valence-electron chi connectivity index (χ1n) is 4.41. The zero-order valence-corrected chi connectivity index (χ0v) is 12.0. The molecule has 0 unspecified atom stereocenters. The second-order valence-corrected chi connectivity index (χ2v) is 15.4. The van der Waals surface area contributed by atoms with Gasteiger partial charge in [0.05, 0.1) is 0 Å². The van der Waals surface area contributed by atoms with Crippen LogP contribution in [-0.2, 0) is 0 Å².